The molecule has 0 radical (unpaired) electrons. The molecule has 0 spiro atoms. The molecular formula is C21H26BrN3O2. The maximum absolute atomic E-state index is 12.2. The Labute approximate surface area is 169 Å². The van der Waals surface area contributed by atoms with Gasteiger partial charge in [0.2, 0.25) is 5.91 Å². The van der Waals surface area contributed by atoms with E-state index in [1.165, 1.54) is 5.56 Å². The Hall–Kier alpha value is -2.34. The molecule has 0 aliphatic carbocycles. The van der Waals surface area contributed by atoms with Crippen LogP contribution in [0.1, 0.15) is 17.5 Å². The van der Waals surface area contributed by atoms with Crippen molar-refractivity contribution in [1.82, 2.24) is 15.1 Å². The van der Waals surface area contributed by atoms with Crippen molar-refractivity contribution in [2.24, 2.45) is 0 Å². The first-order valence-corrected chi connectivity index (χ1v) is 9.76. The highest BCUT2D eigenvalue weighted by Crippen LogP contribution is 2.11. The van der Waals surface area contributed by atoms with Crippen molar-refractivity contribution in [3.8, 4) is 0 Å². The minimum Gasteiger partial charge on any atom is -0.341 e. The van der Waals surface area contributed by atoms with E-state index in [1.54, 1.807) is 23.9 Å². The molecule has 144 valence electrons. The largest absolute Gasteiger partial charge is 0.341 e. The summed E-state index contributed by atoms with van der Waals surface area (Å²) >= 11 is 3.41. The summed E-state index contributed by atoms with van der Waals surface area (Å²) in [6.45, 7) is 1.52. The second-order valence-corrected chi connectivity index (χ2v) is 7.43. The van der Waals surface area contributed by atoms with Crippen LogP contribution in [-0.2, 0) is 17.8 Å². The Morgan fingerprint density at radius 2 is 1.59 bits per heavy atom. The summed E-state index contributed by atoms with van der Waals surface area (Å²) in [4.78, 5) is 27.7. The fourth-order valence-corrected chi connectivity index (χ4v) is 2.86. The lowest BCUT2D eigenvalue weighted by Crippen LogP contribution is -2.40. The van der Waals surface area contributed by atoms with Crippen LogP contribution in [0.4, 0.5) is 4.79 Å². The molecule has 27 heavy (non-hydrogen) atoms. The fraction of sp³-hybridized carbons (Fsp3) is 0.333. The van der Waals surface area contributed by atoms with Crippen molar-refractivity contribution in [1.29, 1.82) is 0 Å². The highest BCUT2D eigenvalue weighted by Gasteiger charge is 2.12. The molecule has 2 aromatic carbocycles. The number of halogens is 1. The van der Waals surface area contributed by atoms with Gasteiger partial charge in [0.25, 0.3) is 0 Å². The molecule has 0 aliphatic rings. The van der Waals surface area contributed by atoms with Gasteiger partial charge in [0, 0.05) is 44.6 Å². The number of carbonyl (C=O) groups is 2. The van der Waals surface area contributed by atoms with Crippen molar-refractivity contribution in [3.63, 3.8) is 0 Å². The Kier molecular flexibility index (Phi) is 8.33. The second-order valence-electron chi connectivity index (χ2n) is 6.52. The van der Waals surface area contributed by atoms with Crippen molar-refractivity contribution in [2.45, 2.75) is 19.4 Å². The van der Waals surface area contributed by atoms with E-state index in [0.29, 0.717) is 19.6 Å². The number of nitrogens with zero attached hydrogens (tertiary/aromatic N) is 2. The van der Waals surface area contributed by atoms with Crippen LogP contribution >= 0.6 is 15.9 Å². The Bertz CT molecular complexity index is 735. The lowest BCUT2D eigenvalue weighted by molar-refractivity contribution is -0.130. The lowest BCUT2D eigenvalue weighted by Gasteiger charge is -2.20. The summed E-state index contributed by atoms with van der Waals surface area (Å²) in [5, 5.41) is 2.81. The molecule has 3 amide bonds. The van der Waals surface area contributed by atoms with Gasteiger partial charge in [-0.05, 0) is 29.7 Å². The molecular weight excluding hydrogens is 406 g/mol. The van der Waals surface area contributed by atoms with E-state index in [4.69, 9.17) is 0 Å². The van der Waals surface area contributed by atoms with Crippen molar-refractivity contribution in [3.05, 3.63) is 70.2 Å². The number of amides is 3. The number of hydrogen-bond donors (Lipinski definition) is 1. The highest BCUT2D eigenvalue weighted by molar-refractivity contribution is 9.10. The summed E-state index contributed by atoms with van der Waals surface area (Å²) in [6, 6.07) is 17.8. The van der Waals surface area contributed by atoms with Gasteiger partial charge in [-0.3, -0.25) is 4.79 Å². The van der Waals surface area contributed by atoms with Crippen LogP contribution in [-0.4, -0.2) is 48.9 Å². The van der Waals surface area contributed by atoms with Crippen LogP contribution < -0.4 is 5.32 Å². The predicted molar refractivity (Wildman–Crippen MR) is 111 cm³/mol. The highest BCUT2D eigenvalue weighted by atomic mass is 79.9. The number of hydrogen-bond acceptors (Lipinski definition) is 2. The van der Waals surface area contributed by atoms with Crippen LogP contribution in [0.15, 0.2) is 59.1 Å². The van der Waals surface area contributed by atoms with Gasteiger partial charge >= 0.3 is 6.03 Å². The van der Waals surface area contributed by atoms with Crippen LogP contribution in [0.2, 0.25) is 0 Å². The maximum Gasteiger partial charge on any atom is 0.317 e. The first-order valence-electron chi connectivity index (χ1n) is 8.97. The number of nitrogens with one attached hydrogen (secondary N) is 1. The zero-order valence-electron chi connectivity index (χ0n) is 15.8. The SMILES string of the molecule is CN(Cc1ccccc1)C(=O)CCNC(=O)N(C)CCc1ccc(Br)cc1. The molecule has 0 aliphatic heterocycles. The molecule has 2 aromatic rings. The molecule has 5 nitrogen and oxygen atoms in total. The number of urea groups is 1. The number of rotatable bonds is 8. The van der Waals surface area contributed by atoms with E-state index in [0.717, 1.165) is 16.5 Å². The first kappa shape index (κ1) is 21.0. The van der Waals surface area contributed by atoms with Crippen LogP contribution in [0.5, 0.6) is 0 Å². The molecule has 1 N–H and O–H groups in total. The molecule has 0 bridgehead atoms. The van der Waals surface area contributed by atoms with Crippen LogP contribution in [0.25, 0.3) is 0 Å². The standard InChI is InChI=1S/C21H26BrN3O2/c1-24(15-13-17-8-10-19(22)11-9-17)21(27)23-14-12-20(26)25(2)16-18-6-4-3-5-7-18/h3-11H,12-16H2,1-2H3,(H,23,27). The van der Waals surface area contributed by atoms with Gasteiger partial charge in [0.05, 0.1) is 0 Å². The Balaban J connectivity index is 1.66. The van der Waals surface area contributed by atoms with Crippen LogP contribution in [0.3, 0.4) is 0 Å². The third-order valence-electron chi connectivity index (χ3n) is 4.30. The molecule has 0 heterocycles. The molecule has 0 fully saturated rings. The zero-order chi connectivity index (χ0) is 19.6. The fourth-order valence-electron chi connectivity index (χ4n) is 2.60. The third-order valence-corrected chi connectivity index (χ3v) is 4.83. The number of likely N-dealkylation sites (N-methyl/N-ethyl adjacent to an activating group) is 1. The van der Waals surface area contributed by atoms with E-state index >= 15 is 0 Å². The van der Waals surface area contributed by atoms with E-state index in [9.17, 15) is 9.59 Å². The summed E-state index contributed by atoms with van der Waals surface area (Å²) in [6.07, 6.45) is 1.07. The van der Waals surface area contributed by atoms with Crippen molar-refractivity contribution in [2.75, 3.05) is 27.2 Å². The van der Waals surface area contributed by atoms with Gasteiger partial charge in [-0.1, -0.05) is 58.4 Å². The molecule has 0 atom stereocenters. The molecule has 0 aromatic heterocycles. The van der Waals surface area contributed by atoms with Gasteiger partial charge in [0.1, 0.15) is 0 Å². The Morgan fingerprint density at radius 1 is 0.926 bits per heavy atom. The average Bonchev–Trinajstić information content (AvgIpc) is 2.67. The topological polar surface area (TPSA) is 52.7 Å². The third kappa shape index (κ3) is 7.43. The minimum atomic E-state index is -0.161. The molecule has 0 saturated carbocycles. The van der Waals surface area contributed by atoms with Gasteiger partial charge in [0.15, 0.2) is 0 Å². The van der Waals surface area contributed by atoms with Crippen molar-refractivity contribution >= 4 is 27.9 Å². The lowest BCUT2D eigenvalue weighted by atomic mass is 10.1. The first-order chi connectivity index (χ1) is 13.0. The average molecular weight is 432 g/mol. The summed E-state index contributed by atoms with van der Waals surface area (Å²) in [5.41, 5.74) is 2.26. The summed E-state index contributed by atoms with van der Waals surface area (Å²) < 4.78 is 1.04. The summed E-state index contributed by atoms with van der Waals surface area (Å²) in [5.74, 6) is 0.0108. The molecule has 6 heteroatoms. The zero-order valence-corrected chi connectivity index (χ0v) is 17.4. The maximum atomic E-state index is 12.2. The molecule has 0 saturated heterocycles. The van der Waals surface area contributed by atoms with Gasteiger partial charge in [-0.15, -0.1) is 0 Å². The van der Waals surface area contributed by atoms with Crippen LogP contribution in [0, 0.1) is 0 Å². The number of carbonyl (C=O) groups excluding carboxylic acids is 2. The van der Waals surface area contributed by atoms with E-state index < -0.39 is 0 Å². The Morgan fingerprint density at radius 3 is 2.26 bits per heavy atom. The number of benzene rings is 2. The van der Waals surface area contributed by atoms with E-state index in [-0.39, 0.29) is 18.4 Å². The minimum absolute atomic E-state index is 0.0108. The van der Waals surface area contributed by atoms with E-state index in [2.05, 4.69) is 21.2 Å². The monoisotopic (exact) mass is 431 g/mol. The van der Waals surface area contributed by atoms with Gasteiger partial charge < -0.3 is 15.1 Å². The predicted octanol–water partition coefficient (Wildman–Crippen LogP) is 3.68. The second kappa shape index (κ2) is 10.7. The van der Waals surface area contributed by atoms with E-state index in [1.807, 2.05) is 54.6 Å². The van der Waals surface area contributed by atoms with Crippen molar-refractivity contribution < 1.29 is 9.59 Å². The summed E-state index contributed by atoms with van der Waals surface area (Å²) in [7, 11) is 3.54. The molecule has 0 unspecified atom stereocenters. The van der Waals surface area contributed by atoms with Gasteiger partial charge in [-0.25, -0.2) is 4.79 Å². The normalized spacial score (nSPS) is 10.3. The molecule has 2 rings (SSSR count). The quantitative estimate of drug-likeness (QED) is 0.692. The smallest absolute Gasteiger partial charge is 0.317 e. The van der Waals surface area contributed by atoms with Gasteiger partial charge in [-0.2, -0.15) is 0 Å².